The van der Waals surface area contributed by atoms with Crippen molar-refractivity contribution < 1.29 is 45.9 Å². The molecule has 1 saturated heterocycles. The molecule has 0 saturated carbocycles. The van der Waals surface area contributed by atoms with E-state index >= 15 is 0 Å². The zero-order valence-electron chi connectivity index (χ0n) is 43.4. The first kappa shape index (κ1) is 58.1. The predicted molar refractivity (Wildman–Crippen MR) is 288 cm³/mol. The second-order valence-corrected chi connectivity index (χ2v) is 19.4. The Morgan fingerprint density at radius 3 is 1.19 bits per heavy atom. The SMILES string of the molecule is CCCCOC(=O)c1c(F)cc(-c2ccc(N=Nc3ccc(N(C)C)cc3)cc2)cc1F.CCCCOC(=O)c1c(F)cc(Br)cc1F.CN(C)c1ccc(N=Nc2ccc(B3OC(C)(C)C(C)(C)O3)cc2)cc1. The van der Waals surface area contributed by atoms with E-state index in [2.05, 4.69) is 69.0 Å². The molecule has 0 amide bonds. The average molecular weight is 1080 g/mol. The topological polar surface area (TPSA) is 127 Å². The molecule has 0 spiro atoms. The number of carbonyl (C=O) groups excluding carboxylic acids is 2. The smallest absolute Gasteiger partial charge is 0.462 e. The molecular weight excluding hydrogens is 1020 g/mol. The number of ether oxygens (including phenoxy) is 2. The Labute approximate surface area is 440 Å². The van der Waals surface area contributed by atoms with Gasteiger partial charge in [-0.3, -0.25) is 0 Å². The summed E-state index contributed by atoms with van der Waals surface area (Å²) in [6.07, 6.45) is 2.97. The van der Waals surface area contributed by atoms with Gasteiger partial charge in [0.1, 0.15) is 34.4 Å². The van der Waals surface area contributed by atoms with Crippen LogP contribution in [0.4, 0.5) is 51.7 Å². The van der Waals surface area contributed by atoms with Crippen molar-refractivity contribution in [2.24, 2.45) is 20.5 Å². The van der Waals surface area contributed by atoms with E-state index < -0.39 is 46.3 Å². The summed E-state index contributed by atoms with van der Waals surface area (Å²) in [6.45, 7) is 12.4. The zero-order valence-corrected chi connectivity index (χ0v) is 45.0. The number of benzene rings is 6. The fraction of sp³-hybridized carbons (Fsp3) is 0.321. The van der Waals surface area contributed by atoms with Gasteiger partial charge in [-0.2, -0.15) is 20.5 Å². The van der Waals surface area contributed by atoms with Crippen molar-refractivity contribution in [2.75, 3.05) is 51.2 Å². The Morgan fingerprint density at radius 2 is 0.851 bits per heavy atom. The number of hydrogen-bond acceptors (Lipinski definition) is 12. The van der Waals surface area contributed by atoms with Gasteiger partial charge in [-0.05, 0) is 154 Å². The fourth-order valence-electron chi connectivity index (χ4n) is 6.70. The van der Waals surface area contributed by atoms with Gasteiger partial charge in [0.05, 0.1) is 47.2 Å². The molecule has 0 N–H and O–H groups in total. The molecular formula is C56H62BBrF4N6O6. The van der Waals surface area contributed by atoms with Gasteiger partial charge in [0.25, 0.3) is 0 Å². The van der Waals surface area contributed by atoms with Gasteiger partial charge in [-0.25, -0.2) is 27.2 Å². The Bertz CT molecular complexity index is 2810. The van der Waals surface area contributed by atoms with Gasteiger partial charge in [0.2, 0.25) is 0 Å². The van der Waals surface area contributed by atoms with Crippen LogP contribution in [-0.4, -0.2) is 71.7 Å². The summed E-state index contributed by atoms with van der Waals surface area (Å²) in [5.41, 5.74) is 5.02. The lowest BCUT2D eigenvalue weighted by molar-refractivity contribution is 0.00578. The van der Waals surface area contributed by atoms with Gasteiger partial charge in [-0.1, -0.05) is 66.9 Å². The number of halogens is 5. The van der Waals surface area contributed by atoms with Crippen molar-refractivity contribution in [3.05, 3.63) is 160 Å². The third-order valence-corrected chi connectivity index (χ3v) is 12.3. The van der Waals surface area contributed by atoms with Crippen molar-refractivity contribution in [3.63, 3.8) is 0 Å². The van der Waals surface area contributed by atoms with Crippen molar-refractivity contribution in [1.29, 1.82) is 0 Å². The molecule has 6 aromatic rings. The maximum Gasteiger partial charge on any atom is 0.494 e. The molecule has 0 radical (unpaired) electrons. The van der Waals surface area contributed by atoms with Crippen molar-refractivity contribution in [3.8, 4) is 11.1 Å². The first-order chi connectivity index (χ1) is 35.1. The maximum atomic E-state index is 14.4. The lowest BCUT2D eigenvalue weighted by Crippen LogP contribution is -2.41. The third-order valence-electron chi connectivity index (χ3n) is 11.8. The van der Waals surface area contributed by atoms with Crippen molar-refractivity contribution >= 4 is 74.6 Å². The Morgan fingerprint density at radius 1 is 0.527 bits per heavy atom. The van der Waals surface area contributed by atoms with Gasteiger partial charge in [0.15, 0.2) is 0 Å². The Balaban J connectivity index is 0.000000217. The van der Waals surface area contributed by atoms with Crippen LogP contribution >= 0.6 is 15.9 Å². The molecule has 0 aliphatic carbocycles. The first-order valence-corrected chi connectivity index (χ1v) is 24.8. The van der Waals surface area contributed by atoms with Crippen molar-refractivity contribution in [2.45, 2.75) is 78.4 Å². The quantitative estimate of drug-likeness (QED) is 0.0308. The third kappa shape index (κ3) is 16.4. The highest BCUT2D eigenvalue weighted by atomic mass is 79.9. The molecule has 18 heteroatoms. The summed E-state index contributed by atoms with van der Waals surface area (Å²) >= 11 is 2.93. The summed E-state index contributed by atoms with van der Waals surface area (Å²) in [4.78, 5) is 27.4. The highest BCUT2D eigenvalue weighted by Gasteiger charge is 2.51. The summed E-state index contributed by atoms with van der Waals surface area (Å²) < 4.78 is 77.5. The van der Waals surface area contributed by atoms with Crippen LogP contribution in [0.2, 0.25) is 0 Å². The number of azo groups is 2. The van der Waals surface area contributed by atoms with E-state index in [0.717, 1.165) is 65.3 Å². The molecule has 0 unspecified atom stereocenters. The monoisotopic (exact) mass is 1080 g/mol. The normalized spacial score (nSPS) is 13.5. The number of anilines is 2. The minimum Gasteiger partial charge on any atom is -0.462 e. The minimum atomic E-state index is -0.991. The van der Waals surface area contributed by atoms with Gasteiger partial charge in [0, 0.05) is 44.0 Å². The number of nitrogens with zero attached hydrogens (tertiary/aromatic N) is 6. The Hall–Kier alpha value is -6.76. The lowest BCUT2D eigenvalue weighted by Gasteiger charge is -2.32. The van der Waals surface area contributed by atoms with Crippen LogP contribution in [0.1, 0.15) is 87.9 Å². The molecule has 390 valence electrons. The number of esters is 2. The molecule has 0 aromatic heterocycles. The summed E-state index contributed by atoms with van der Waals surface area (Å²) in [6, 6.07) is 34.5. The molecule has 0 bridgehead atoms. The largest absolute Gasteiger partial charge is 0.494 e. The predicted octanol–water partition coefficient (Wildman–Crippen LogP) is 15.2. The van der Waals surface area contributed by atoms with Gasteiger partial charge >= 0.3 is 19.1 Å². The second kappa shape index (κ2) is 27.0. The van der Waals surface area contributed by atoms with E-state index in [1.807, 2.05) is 120 Å². The number of rotatable bonds is 16. The highest BCUT2D eigenvalue weighted by molar-refractivity contribution is 9.10. The van der Waals surface area contributed by atoms with Crippen LogP contribution in [0.25, 0.3) is 11.1 Å². The van der Waals surface area contributed by atoms with Crippen LogP contribution < -0.4 is 15.3 Å². The molecule has 12 nitrogen and oxygen atoms in total. The highest BCUT2D eigenvalue weighted by Crippen LogP contribution is 2.37. The molecule has 1 heterocycles. The standard InChI is InChI=1S/C25H25F2N3O2.C20H26BN3O2.C11H11BrF2O2/c1-4-5-14-32-25(31)24-22(26)15-18(16-23(24)27)17-6-8-19(9-7-17)28-29-20-10-12-21(13-11-20)30(2)3;1-19(2)20(3,4)26-21(25-19)15-7-9-16(10-8-15)22-23-17-11-13-18(14-12-17)24(5)6;1-2-3-4-16-11(15)10-8(13)5-7(12)6-9(10)14/h6-13,15-16H,4-5,14H2,1-3H3;7-14H,1-6H3;5-6H,2-4H2,1H3. The van der Waals surface area contributed by atoms with Crippen LogP contribution in [0.3, 0.4) is 0 Å². The van der Waals surface area contributed by atoms with Gasteiger partial charge in [-0.15, -0.1) is 0 Å². The molecule has 7 rings (SSSR count). The van der Waals surface area contributed by atoms with Gasteiger partial charge < -0.3 is 28.6 Å². The van der Waals surface area contributed by atoms with Crippen LogP contribution in [0.15, 0.2) is 146 Å². The fourth-order valence-corrected chi connectivity index (χ4v) is 7.10. The van der Waals surface area contributed by atoms with E-state index in [-0.39, 0.29) is 36.0 Å². The van der Waals surface area contributed by atoms with Crippen LogP contribution in [0.5, 0.6) is 0 Å². The molecule has 6 aromatic carbocycles. The molecule has 1 aliphatic rings. The number of unbranched alkanes of at least 4 members (excludes halogenated alkanes) is 2. The first-order valence-electron chi connectivity index (χ1n) is 24.0. The molecule has 74 heavy (non-hydrogen) atoms. The lowest BCUT2D eigenvalue weighted by atomic mass is 9.79. The van der Waals surface area contributed by atoms with Crippen LogP contribution in [-0.2, 0) is 18.8 Å². The summed E-state index contributed by atoms with van der Waals surface area (Å²) in [5, 5.41) is 17.0. The second-order valence-electron chi connectivity index (χ2n) is 18.5. The van der Waals surface area contributed by atoms with E-state index in [1.165, 1.54) is 0 Å². The van der Waals surface area contributed by atoms with E-state index in [9.17, 15) is 27.2 Å². The molecule has 1 fully saturated rings. The number of carbonyl (C=O) groups is 2. The Kier molecular flexibility index (Phi) is 21.2. The van der Waals surface area contributed by atoms with E-state index in [0.29, 0.717) is 35.3 Å². The van der Waals surface area contributed by atoms with Crippen molar-refractivity contribution in [1.82, 2.24) is 0 Å². The molecule has 0 atom stereocenters. The minimum absolute atomic E-state index is 0.131. The maximum absolute atomic E-state index is 14.4. The van der Waals surface area contributed by atoms with Crippen LogP contribution in [0, 0.1) is 23.3 Å². The summed E-state index contributed by atoms with van der Waals surface area (Å²) in [7, 11) is 7.59. The van der Waals surface area contributed by atoms with E-state index in [4.69, 9.17) is 18.8 Å². The number of hydrogen-bond donors (Lipinski definition) is 0. The van der Waals surface area contributed by atoms with E-state index in [1.54, 1.807) is 24.3 Å². The summed E-state index contributed by atoms with van der Waals surface area (Å²) in [5.74, 6) is -5.70. The zero-order chi connectivity index (χ0) is 54.2. The molecule has 1 aliphatic heterocycles. The average Bonchev–Trinajstić information content (AvgIpc) is 3.58.